The topological polar surface area (TPSA) is 63.8 Å². The van der Waals surface area contributed by atoms with Crippen molar-refractivity contribution in [3.8, 4) is 0 Å². The van der Waals surface area contributed by atoms with Crippen LogP contribution in [0.2, 0.25) is 0 Å². The lowest BCUT2D eigenvalue weighted by Gasteiger charge is -2.24. The summed E-state index contributed by atoms with van der Waals surface area (Å²) in [5, 5.41) is 3.41. The quantitative estimate of drug-likeness (QED) is 0.663. The molecule has 70 valence electrons. The van der Waals surface area contributed by atoms with Crippen molar-refractivity contribution < 1.29 is 0 Å². The summed E-state index contributed by atoms with van der Waals surface area (Å²) in [7, 11) is 0. The molecule has 0 aliphatic carbocycles. The highest BCUT2D eigenvalue weighted by atomic mass is 15.0. The lowest BCUT2D eigenvalue weighted by Crippen LogP contribution is -2.31. The van der Waals surface area contributed by atoms with Crippen LogP contribution in [0.5, 0.6) is 0 Å². The molecule has 0 bridgehead atoms. The first-order chi connectivity index (χ1) is 6.33. The van der Waals surface area contributed by atoms with E-state index in [0.717, 1.165) is 30.6 Å². The minimum atomic E-state index is 0.356. The van der Waals surface area contributed by atoms with E-state index in [9.17, 15) is 0 Å². The van der Waals surface area contributed by atoms with Gasteiger partial charge in [-0.2, -0.15) is 0 Å². The summed E-state index contributed by atoms with van der Waals surface area (Å²) in [6, 6.07) is 0.356. The molecule has 1 atom stereocenters. The van der Waals surface area contributed by atoms with Gasteiger partial charge in [0.1, 0.15) is 12.1 Å². The average molecular weight is 178 g/mol. The van der Waals surface area contributed by atoms with E-state index in [1.54, 1.807) is 6.33 Å². The van der Waals surface area contributed by atoms with E-state index in [0.29, 0.717) is 11.9 Å². The third-order valence-corrected chi connectivity index (χ3v) is 2.52. The van der Waals surface area contributed by atoms with Crippen molar-refractivity contribution >= 4 is 5.82 Å². The zero-order valence-corrected chi connectivity index (χ0v) is 7.75. The van der Waals surface area contributed by atoms with Crippen LogP contribution in [0.1, 0.15) is 30.6 Å². The van der Waals surface area contributed by atoms with Crippen molar-refractivity contribution in [1.82, 2.24) is 15.3 Å². The molecule has 1 unspecified atom stereocenters. The van der Waals surface area contributed by atoms with Crippen molar-refractivity contribution in [1.29, 1.82) is 0 Å². The largest absolute Gasteiger partial charge is 0.383 e. The highest BCUT2D eigenvalue weighted by molar-refractivity contribution is 5.43. The van der Waals surface area contributed by atoms with Gasteiger partial charge in [-0.1, -0.05) is 6.92 Å². The highest BCUT2D eigenvalue weighted by Crippen LogP contribution is 2.25. The normalized spacial score (nSPS) is 21.2. The first kappa shape index (κ1) is 8.44. The van der Waals surface area contributed by atoms with Crippen LogP contribution in [0.15, 0.2) is 6.33 Å². The van der Waals surface area contributed by atoms with Gasteiger partial charge in [-0.25, -0.2) is 9.97 Å². The average Bonchev–Trinajstić information content (AvgIpc) is 2.18. The zero-order valence-electron chi connectivity index (χ0n) is 7.75. The van der Waals surface area contributed by atoms with Crippen molar-refractivity contribution in [3.05, 3.63) is 17.6 Å². The molecule has 0 aromatic carbocycles. The fourth-order valence-corrected chi connectivity index (χ4v) is 1.80. The van der Waals surface area contributed by atoms with E-state index in [-0.39, 0.29) is 0 Å². The standard InChI is InChI=1S/C9H14N4/c1-2-7-8-6(3-4-11-7)9(10)13-5-12-8/h5,7,11H,2-4H2,1H3,(H2,10,12,13). The summed E-state index contributed by atoms with van der Waals surface area (Å²) >= 11 is 0. The minimum absolute atomic E-state index is 0.356. The van der Waals surface area contributed by atoms with Gasteiger partial charge in [0.15, 0.2) is 0 Å². The fourth-order valence-electron chi connectivity index (χ4n) is 1.80. The van der Waals surface area contributed by atoms with E-state index >= 15 is 0 Å². The zero-order chi connectivity index (χ0) is 9.26. The maximum atomic E-state index is 5.78. The van der Waals surface area contributed by atoms with Crippen LogP contribution in [-0.2, 0) is 6.42 Å². The summed E-state index contributed by atoms with van der Waals surface area (Å²) in [4.78, 5) is 8.28. The Labute approximate surface area is 77.6 Å². The van der Waals surface area contributed by atoms with Crippen LogP contribution in [0.3, 0.4) is 0 Å². The first-order valence-electron chi connectivity index (χ1n) is 4.65. The van der Waals surface area contributed by atoms with Crippen molar-refractivity contribution in [3.63, 3.8) is 0 Å². The van der Waals surface area contributed by atoms with Gasteiger partial charge in [-0.15, -0.1) is 0 Å². The predicted octanol–water partition coefficient (Wildman–Crippen LogP) is 0.656. The van der Waals surface area contributed by atoms with E-state index in [1.807, 2.05) is 0 Å². The summed E-state index contributed by atoms with van der Waals surface area (Å²) < 4.78 is 0. The Balaban J connectivity index is 2.45. The van der Waals surface area contributed by atoms with Crippen molar-refractivity contribution in [2.24, 2.45) is 0 Å². The number of fused-ring (bicyclic) bond motifs is 1. The third-order valence-electron chi connectivity index (χ3n) is 2.52. The van der Waals surface area contributed by atoms with Crippen LogP contribution in [0.4, 0.5) is 5.82 Å². The monoisotopic (exact) mass is 178 g/mol. The van der Waals surface area contributed by atoms with Crippen LogP contribution in [0.25, 0.3) is 0 Å². The van der Waals surface area contributed by atoms with Gasteiger partial charge in [-0.05, 0) is 12.8 Å². The maximum absolute atomic E-state index is 5.78. The highest BCUT2D eigenvalue weighted by Gasteiger charge is 2.21. The molecule has 13 heavy (non-hydrogen) atoms. The molecule has 0 amide bonds. The molecule has 2 rings (SSSR count). The third kappa shape index (κ3) is 1.37. The van der Waals surface area contributed by atoms with Crippen LogP contribution in [0, 0.1) is 0 Å². The van der Waals surface area contributed by atoms with Gasteiger partial charge in [0.05, 0.1) is 5.69 Å². The molecule has 1 aliphatic heterocycles. The summed E-state index contributed by atoms with van der Waals surface area (Å²) in [5.41, 5.74) is 8.00. The van der Waals surface area contributed by atoms with E-state index in [4.69, 9.17) is 5.73 Å². The fraction of sp³-hybridized carbons (Fsp3) is 0.556. The number of anilines is 1. The predicted molar refractivity (Wildman–Crippen MR) is 51.2 cm³/mol. The van der Waals surface area contributed by atoms with Gasteiger partial charge in [0, 0.05) is 18.2 Å². The number of nitrogen functional groups attached to an aromatic ring is 1. The van der Waals surface area contributed by atoms with E-state index in [2.05, 4.69) is 22.2 Å². The molecule has 4 nitrogen and oxygen atoms in total. The minimum Gasteiger partial charge on any atom is -0.383 e. The second-order valence-corrected chi connectivity index (χ2v) is 3.29. The molecule has 0 fully saturated rings. The molecule has 0 saturated carbocycles. The molecule has 2 heterocycles. The van der Waals surface area contributed by atoms with Crippen LogP contribution in [-0.4, -0.2) is 16.5 Å². The molecule has 0 spiro atoms. The van der Waals surface area contributed by atoms with E-state index < -0.39 is 0 Å². The Hall–Kier alpha value is -1.16. The lowest BCUT2D eigenvalue weighted by molar-refractivity contribution is 0.478. The Morgan fingerprint density at radius 3 is 3.23 bits per heavy atom. The molecule has 3 N–H and O–H groups in total. The van der Waals surface area contributed by atoms with Gasteiger partial charge in [0.25, 0.3) is 0 Å². The van der Waals surface area contributed by atoms with Gasteiger partial charge < -0.3 is 11.1 Å². The number of hydrogen-bond acceptors (Lipinski definition) is 4. The summed E-state index contributed by atoms with van der Waals surface area (Å²) in [6.45, 7) is 3.12. The molecular weight excluding hydrogens is 164 g/mol. The van der Waals surface area contributed by atoms with Crippen molar-refractivity contribution in [2.75, 3.05) is 12.3 Å². The van der Waals surface area contributed by atoms with Crippen LogP contribution < -0.4 is 11.1 Å². The molecule has 1 aromatic rings. The number of nitrogens with zero attached hydrogens (tertiary/aromatic N) is 2. The first-order valence-corrected chi connectivity index (χ1v) is 4.65. The molecule has 4 heteroatoms. The lowest BCUT2D eigenvalue weighted by atomic mass is 9.99. The van der Waals surface area contributed by atoms with Gasteiger partial charge in [0.2, 0.25) is 0 Å². The molecule has 0 saturated heterocycles. The van der Waals surface area contributed by atoms with Gasteiger partial charge >= 0.3 is 0 Å². The molecule has 1 aromatic heterocycles. The van der Waals surface area contributed by atoms with Crippen LogP contribution >= 0.6 is 0 Å². The van der Waals surface area contributed by atoms with E-state index in [1.165, 1.54) is 0 Å². The number of hydrogen-bond donors (Lipinski definition) is 2. The Bertz CT molecular complexity index is 310. The van der Waals surface area contributed by atoms with Gasteiger partial charge in [-0.3, -0.25) is 0 Å². The Morgan fingerprint density at radius 2 is 2.46 bits per heavy atom. The summed E-state index contributed by atoms with van der Waals surface area (Å²) in [5.74, 6) is 0.643. The Morgan fingerprint density at radius 1 is 1.62 bits per heavy atom. The maximum Gasteiger partial charge on any atom is 0.130 e. The second kappa shape index (κ2) is 3.30. The number of nitrogens with one attached hydrogen (secondary N) is 1. The smallest absolute Gasteiger partial charge is 0.130 e. The second-order valence-electron chi connectivity index (χ2n) is 3.29. The number of nitrogens with two attached hydrogens (primary N) is 1. The Kier molecular flexibility index (Phi) is 2.14. The summed E-state index contributed by atoms with van der Waals surface area (Å²) in [6.07, 6.45) is 3.53. The SMILES string of the molecule is CCC1NCCc2c(N)ncnc21. The van der Waals surface area contributed by atoms with Crippen molar-refractivity contribution in [2.45, 2.75) is 25.8 Å². The number of aromatic nitrogens is 2. The number of rotatable bonds is 1. The molecule has 0 radical (unpaired) electrons. The molecular formula is C9H14N4. The molecule has 1 aliphatic rings.